The van der Waals surface area contributed by atoms with Gasteiger partial charge in [0.05, 0.1) is 4.90 Å². The molecule has 0 aliphatic carbocycles. The van der Waals surface area contributed by atoms with Crippen LogP contribution in [0.2, 0.25) is 0 Å². The summed E-state index contributed by atoms with van der Waals surface area (Å²) >= 11 is 0. The van der Waals surface area contributed by atoms with E-state index in [1.807, 2.05) is 19.1 Å². The van der Waals surface area contributed by atoms with Gasteiger partial charge < -0.3 is 0 Å². The molecule has 0 fully saturated rings. The van der Waals surface area contributed by atoms with Gasteiger partial charge >= 0.3 is 0 Å². The number of benzene rings is 1. The molecule has 0 saturated heterocycles. The number of hydrogen-bond donors (Lipinski definition) is 1. The number of rotatable bonds is 9. The van der Waals surface area contributed by atoms with E-state index >= 15 is 0 Å². The van der Waals surface area contributed by atoms with Crippen LogP contribution in [0.5, 0.6) is 0 Å². The van der Waals surface area contributed by atoms with E-state index in [0.717, 1.165) is 31.2 Å². The van der Waals surface area contributed by atoms with Crippen LogP contribution in [0.25, 0.3) is 0 Å². The van der Waals surface area contributed by atoms with Gasteiger partial charge in [-0.3, -0.25) is 0 Å². The summed E-state index contributed by atoms with van der Waals surface area (Å²) in [6.07, 6.45) is 7.95. The Kier molecular flexibility index (Phi) is 7.83. The molecule has 0 bridgehead atoms. The molecule has 1 atom stereocenters. The molecule has 0 aliphatic heterocycles. The Morgan fingerprint density at radius 1 is 1.14 bits per heavy atom. The van der Waals surface area contributed by atoms with E-state index in [1.165, 1.54) is 0 Å². The van der Waals surface area contributed by atoms with Crippen molar-refractivity contribution in [3.63, 3.8) is 0 Å². The van der Waals surface area contributed by atoms with Crippen molar-refractivity contribution in [2.75, 3.05) is 0 Å². The highest BCUT2D eigenvalue weighted by atomic mass is 32.2. The molecule has 1 unspecified atom stereocenters. The maximum Gasteiger partial charge on any atom is 0.240 e. The van der Waals surface area contributed by atoms with Gasteiger partial charge in [-0.1, -0.05) is 57.0 Å². The maximum atomic E-state index is 12.5. The molecule has 1 aromatic rings. The monoisotopic (exact) mass is 323 g/mol. The summed E-state index contributed by atoms with van der Waals surface area (Å²) in [6.45, 7) is 8.31. The molecule has 124 valence electrons. The second-order valence-electron chi connectivity index (χ2n) is 6.26. The predicted octanol–water partition coefficient (Wildman–Crippen LogP) is 4.43. The van der Waals surface area contributed by atoms with Gasteiger partial charge in [0.1, 0.15) is 0 Å². The molecule has 0 aliphatic rings. The first-order valence-corrected chi connectivity index (χ1v) is 9.57. The minimum Gasteiger partial charge on any atom is -0.208 e. The van der Waals surface area contributed by atoms with Crippen molar-refractivity contribution < 1.29 is 8.42 Å². The number of hydrogen-bond acceptors (Lipinski definition) is 2. The summed E-state index contributed by atoms with van der Waals surface area (Å²) in [7, 11) is -3.45. The van der Waals surface area contributed by atoms with Crippen LogP contribution in [0.4, 0.5) is 0 Å². The van der Waals surface area contributed by atoms with Crippen LogP contribution in [0.15, 0.2) is 41.3 Å². The van der Waals surface area contributed by atoms with Crippen molar-refractivity contribution in [2.45, 2.75) is 64.3 Å². The number of allylic oxidation sites excluding steroid dienone is 1. The van der Waals surface area contributed by atoms with Gasteiger partial charge in [-0.15, -0.1) is 0 Å². The van der Waals surface area contributed by atoms with Crippen LogP contribution in [-0.4, -0.2) is 14.5 Å². The van der Waals surface area contributed by atoms with Crippen molar-refractivity contribution in [1.82, 2.24) is 4.72 Å². The van der Waals surface area contributed by atoms with E-state index in [9.17, 15) is 8.42 Å². The van der Waals surface area contributed by atoms with Crippen LogP contribution in [0.3, 0.4) is 0 Å². The third-order valence-corrected chi connectivity index (χ3v) is 4.99. The Balaban J connectivity index is 2.80. The largest absolute Gasteiger partial charge is 0.240 e. The van der Waals surface area contributed by atoms with Crippen molar-refractivity contribution in [2.24, 2.45) is 5.92 Å². The third-order valence-electron chi connectivity index (χ3n) is 3.45. The quantitative estimate of drug-likeness (QED) is 0.683. The van der Waals surface area contributed by atoms with Crippen LogP contribution < -0.4 is 4.72 Å². The lowest BCUT2D eigenvalue weighted by Crippen LogP contribution is -2.35. The van der Waals surface area contributed by atoms with Crippen LogP contribution in [0.1, 0.15) is 52.0 Å². The van der Waals surface area contributed by atoms with E-state index in [4.69, 9.17) is 0 Å². The van der Waals surface area contributed by atoms with Gasteiger partial charge in [0, 0.05) is 6.04 Å². The molecule has 0 saturated carbocycles. The molecule has 1 aromatic carbocycles. The zero-order chi connectivity index (χ0) is 16.6. The average Bonchev–Trinajstić information content (AvgIpc) is 2.43. The highest BCUT2D eigenvalue weighted by Gasteiger charge is 2.20. The molecule has 3 nitrogen and oxygen atoms in total. The molecule has 0 spiro atoms. The Bertz CT molecular complexity index is 559. The number of aryl methyl sites for hydroxylation is 1. The Morgan fingerprint density at radius 2 is 1.77 bits per heavy atom. The fourth-order valence-corrected chi connectivity index (χ4v) is 3.57. The first-order chi connectivity index (χ1) is 10.3. The fraction of sp³-hybridized carbons (Fsp3) is 0.556. The fourth-order valence-electron chi connectivity index (χ4n) is 2.31. The van der Waals surface area contributed by atoms with Gasteiger partial charge in [0.2, 0.25) is 10.0 Å². The summed E-state index contributed by atoms with van der Waals surface area (Å²) in [6, 6.07) is 6.92. The Labute approximate surface area is 135 Å². The third kappa shape index (κ3) is 6.75. The SMILES string of the molecule is CCC/C=C/CC(CC(C)C)NS(=O)(=O)c1ccc(C)cc1. The molecular formula is C18H29NO2S. The van der Waals surface area contributed by atoms with E-state index in [1.54, 1.807) is 12.1 Å². The van der Waals surface area contributed by atoms with E-state index in [2.05, 4.69) is 37.6 Å². The van der Waals surface area contributed by atoms with E-state index in [0.29, 0.717) is 10.8 Å². The molecule has 1 rings (SSSR count). The van der Waals surface area contributed by atoms with Crippen molar-refractivity contribution in [1.29, 1.82) is 0 Å². The van der Waals surface area contributed by atoms with Gasteiger partial charge in [-0.05, 0) is 44.2 Å². The van der Waals surface area contributed by atoms with Gasteiger partial charge in [0.25, 0.3) is 0 Å². The molecule has 0 heterocycles. The van der Waals surface area contributed by atoms with Crippen LogP contribution >= 0.6 is 0 Å². The number of unbranched alkanes of at least 4 members (excludes halogenated alkanes) is 1. The van der Waals surface area contributed by atoms with Crippen molar-refractivity contribution in [3.05, 3.63) is 42.0 Å². The van der Waals surface area contributed by atoms with E-state index in [-0.39, 0.29) is 6.04 Å². The van der Waals surface area contributed by atoms with Crippen molar-refractivity contribution >= 4 is 10.0 Å². The molecule has 22 heavy (non-hydrogen) atoms. The van der Waals surface area contributed by atoms with Gasteiger partial charge in [0.15, 0.2) is 0 Å². The van der Waals surface area contributed by atoms with Gasteiger partial charge in [-0.25, -0.2) is 13.1 Å². The first-order valence-electron chi connectivity index (χ1n) is 8.09. The molecular weight excluding hydrogens is 294 g/mol. The summed E-state index contributed by atoms with van der Waals surface area (Å²) in [5, 5.41) is 0. The zero-order valence-electron chi connectivity index (χ0n) is 14.2. The summed E-state index contributed by atoms with van der Waals surface area (Å²) in [5.41, 5.74) is 1.06. The maximum absolute atomic E-state index is 12.5. The summed E-state index contributed by atoms with van der Waals surface area (Å²) in [4.78, 5) is 0.337. The Hall–Kier alpha value is -1.13. The minimum atomic E-state index is -3.45. The molecule has 0 amide bonds. The second-order valence-corrected chi connectivity index (χ2v) is 7.97. The lowest BCUT2D eigenvalue weighted by Gasteiger charge is -2.19. The molecule has 4 heteroatoms. The lowest BCUT2D eigenvalue weighted by atomic mass is 10.0. The van der Waals surface area contributed by atoms with E-state index < -0.39 is 10.0 Å². The van der Waals surface area contributed by atoms with Crippen LogP contribution in [0, 0.1) is 12.8 Å². The second kappa shape index (κ2) is 9.11. The zero-order valence-corrected chi connectivity index (χ0v) is 15.0. The number of nitrogens with one attached hydrogen (secondary N) is 1. The van der Waals surface area contributed by atoms with Crippen molar-refractivity contribution in [3.8, 4) is 0 Å². The normalized spacial score (nSPS) is 13.9. The molecule has 1 N–H and O–H groups in total. The van der Waals surface area contributed by atoms with Crippen LogP contribution in [-0.2, 0) is 10.0 Å². The Morgan fingerprint density at radius 3 is 2.32 bits per heavy atom. The topological polar surface area (TPSA) is 46.2 Å². The summed E-state index contributed by atoms with van der Waals surface area (Å²) in [5.74, 6) is 0.449. The predicted molar refractivity (Wildman–Crippen MR) is 93.4 cm³/mol. The minimum absolute atomic E-state index is 0.0561. The number of sulfonamides is 1. The molecule has 0 radical (unpaired) electrons. The molecule has 0 aromatic heterocycles. The average molecular weight is 324 g/mol. The summed E-state index contributed by atoms with van der Waals surface area (Å²) < 4.78 is 27.8. The highest BCUT2D eigenvalue weighted by Crippen LogP contribution is 2.15. The lowest BCUT2D eigenvalue weighted by molar-refractivity contribution is 0.462. The van der Waals surface area contributed by atoms with Gasteiger partial charge in [-0.2, -0.15) is 0 Å². The smallest absolute Gasteiger partial charge is 0.208 e. The standard InChI is InChI=1S/C18H29NO2S/c1-5-6-7-8-9-17(14-15(2)3)19-22(20,21)18-12-10-16(4)11-13-18/h7-8,10-13,15,17,19H,5-6,9,14H2,1-4H3/b8-7+. The highest BCUT2D eigenvalue weighted by molar-refractivity contribution is 7.89. The first kappa shape index (κ1) is 18.9.